The Morgan fingerprint density at radius 1 is 1.48 bits per heavy atom. The highest BCUT2D eigenvalue weighted by atomic mass is 35.5. The first kappa shape index (κ1) is 15.2. The third kappa shape index (κ3) is 2.82. The van der Waals surface area contributed by atoms with E-state index in [0.717, 1.165) is 48.0 Å². The number of aromatic nitrogens is 4. The summed E-state index contributed by atoms with van der Waals surface area (Å²) in [6.45, 7) is 5.20. The van der Waals surface area contributed by atoms with Gasteiger partial charge in [0.2, 0.25) is 0 Å². The van der Waals surface area contributed by atoms with E-state index >= 15 is 0 Å². The Balaban J connectivity index is 2.07. The van der Waals surface area contributed by atoms with E-state index in [0.29, 0.717) is 0 Å². The van der Waals surface area contributed by atoms with Crippen LogP contribution in [0.2, 0.25) is 0 Å². The summed E-state index contributed by atoms with van der Waals surface area (Å²) in [5.74, 6) is 4.25. The minimum Gasteiger partial charge on any atom is -0.311 e. The maximum absolute atomic E-state index is 6.39. The zero-order chi connectivity index (χ0) is 15.0. The van der Waals surface area contributed by atoms with Gasteiger partial charge in [-0.3, -0.25) is 4.68 Å². The minimum absolute atomic E-state index is 0.0686. The number of alkyl halides is 1. The van der Waals surface area contributed by atoms with Gasteiger partial charge in [-0.15, -0.1) is 11.6 Å². The van der Waals surface area contributed by atoms with Gasteiger partial charge in [-0.2, -0.15) is 16.9 Å². The quantitative estimate of drug-likeness (QED) is 0.784. The number of rotatable bonds is 5. The van der Waals surface area contributed by atoms with Crippen LogP contribution in [-0.2, 0) is 20.0 Å². The van der Waals surface area contributed by atoms with E-state index < -0.39 is 0 Å². The van der Waals surface area contributed by atoms with Crippen LogP contribution in [-0.4, -0.2) is 30.8 Å². The molecule has 6 heteroatoms. The molecule has 1 aliphatic rings. The summed E-state index contributed by atoms with van der Waals surface area (Å²) < 4.78 is 4.30. The van der Waals surface area contributed by atoms with Gasteiger partial charge in [0, 0.05) is 13.6 Å². The van der Waals surface area contributed by atoms with Crippen LogP contribution < -0.4 is 0 Å². The molecule has 0 spiro atoms. The molecular weight excluding hydrogens is 304 g/mol. The first-order valence-electron chi connectivity index (χ1n) is 7.75. The zero-order valence-electron chi connectivity index (χ0n) is 13.0. The maximum Gasteiger partial charge on any atom is 0.158 e. The third-order valence-corrected chi connectivity index (χ3v) is 5.55. The standard InChI is InChI=1S/C15H23ClN4S/c1-4-5-12-13-15(19(3)18-12)20(14(17-13)10(2)16)8-11-6-7-21-9-11/h10-11H,4-9H2,1-3H3. The van der Waals surface area contributed by atoms with Crippen molar-refractivity contribution >= 4 is 34.5 Å². The molecule has 0 aliphatic carbocycles. The van der Waals surface area contributed by atoms with Crippen LogP contribution >= 0.6 is 23.4 Å². The fourth-order valence-corrected chi connectivity index (χ4v) is 4.57. The number of aryl methyl sites for hydroxylation is 2. The summed E-state index contributed by atoms with van der Waals surface area (Å²) in [4.78, 5) is 4.83. The van der Waals surface area contributed by atoms with Gasteiger partial charge in [-0.25, -0.2) is 4.98 Å². The van der Waals surface area contributed by atoms with Crippen LogP contribution in [0.5, 0.6) is 0 Å². The van der Waals surface area contributed by atoms with E-state index in [9.17, 15) is 0 Å². The summed E-state index contributed by atoms with van der Waals surface area (Å²) in [5, 5.41) is 4.59. The summed E-state index contributed by atoms with van der Waals surface area (Å²) in [6, 6.07) is 0. The molecule has 1 aliphatic heterocycles. The fraction of sp³-hybridized carbons (Fsp3) is 0.733. The molecular formula is C15H23ClN4S. The Bertz CT molecular complexity index is 625. The molecule has 2 atom stereocenters. The van der Waals surface area contributed by atoms with E-state index in [1.54, 1.807) is 0 Å². The largest absolute Gasteiger partial charge is 0.311 e. The molecule has 2 unspecified atom stereocenters. The summed E-state index contributed by atoms with van der Waals surface area (Å²) >= 11 is 8.44. The average molecular weight is 327 g/mol. The topological polar surface area (TPSA) is 35.6 Å². The summed E-state index contributed by atoms with van der Waals surface area (Å²) in [7, 11) is 2.02. The lowest BCUT2D eigenvalue weighted by molar-refractivity contribution is 0.481. The first-order chi connectivity index (χ1) is 10.1. The van der Waals surface area contributed by atoms with E-state index in [2.05, 4.69) is 28.4 Å². The second-order valence-electron chi connectivity index (χ2n) is 5.92. The fourth-order valence-electron chi connectivity index (χ4n) is 3.13. The normalized spacial score (nSPS) is 20.5. The van der Waals surface area contributed by atoms with Gasteiger partial charge in [0.25, 0.3) is 0 Å². The Hall–Kier alpha value is -0.680. The molecule has 0 amide bonds. The monoisotopic (exact) mass is 326 g/mol. The van der Waals surface area contributed by atoms with Crippen molar-refractivity contribution in [3.05, 3.63) is 11.5 Å². The van der Waals surface area contributed by atoms with Crippen LogP contribution in [0, 0.1) is 5.92 Å². The smallest absolute Gasteiger partial charge is 0.158 e. The van der Waals surface area contributed by atoms with Crippen molar-refractivity contribution in [3.8, 4) is 0 Å². The predicted octanol–water partition coefficient (Wildman–Crippen LogP) is 3.78. The summed E-state index contributed by atoms with van der Waals surface area (Å²) in [5.41, 5.74) is 3.29. The molecule has 0 bridgehead atoms. The third-order valence-electron chi connectivity index (χ3n) is 4.13. The maximum atomic E-state index is 6.39. The van der Waals surface area contributed by atoms with Crippen molar-refractivity contribution < 1.29 is 0 Å². The Morgan fingerprint density at radius 3 is 2.90 bits per heavy atom. The average Bonchev–Trinajstić information content (AvgIpc) is 3.11. The highest BCUT2D eigenvalue weighted by molar-refractivity contribution is 7.99. The van der Waals surface area contributed by atoms with Gasteiger partial charge >= 0.3 is 0 Å². The molecule has 116 valence electrons. The Labute approximate surface area is 135 Å². The molecule has 1 fully saturated rings. The molecule has 21 heavy (non-hydrogen) atoms. The summed E-state index contributed by atoms with van der Waals surface area (Å²) in [6.07, 6.45) is 3.36. The second-order valence-corrected chi connectivity index (χ2v) is 7.72. The van der Waals surface area contributed by atoms with E-state index in [-0.39, 0.29) is 5.38 Å². The van der Waals surface area contributed by atoms with Crippen LogP contribution in [0.1, 0.15) is 43.6 Å². The number of hydrogen-bond acceptors (Lipinski definition) is 3. The lowest BCUT2D eigenvalue weighted by atomic mass is 10.1. The van der Waals surface area contributed by atoms with Gasteiger partial charge < -0.3 is 4.57 Å². The molecule has 0 aromatic carbocycles. The minimum atomic E-state index is -0.0686. The molecule has 3 heterocycles. The number of halogens is 1. The van der Waals surface area contributed by atoms with Crippen molar-refractivity contribution in [1.29, 1.82) is 0 Å². The Kier molecular flexibility index (Phi) is 4.50. The molecule has 4 nitrogen and oxygen atoms in total. The molecule has 0 saturated carbocycles. The van der Waals surface area contributed by atoms with Gasteiger partial charge in [0.15, 0.2) is 5.65 Å². The highest BCUT2D eigenvalue weighted by Crippen LogP contribution is 2.31. The lowest BCUT2D eigenvalue weighted by Gasteiger charge is -2.14. The lowest BCUT2D eigenvalue weighted by Crippen LogP contribution is -2.15. The number of fused-ring (bicyclic) bond motifs is 1. The number of hydrogen-bond donors (Lipinski definition) is 0. The van der Waals surface area contributed by atoms with Crippen LogP contribution in [0.15, 0.2) is 0 Å². The number of imidazole rings is 1. The SMILES string of the molecule is CCCc1nn(C)c2c1nc(C(C)Cl)n2CC1CCSC1. The number of nitrogens with zero attached hydrogens (tertiary/aromatic N) is 4. The number of thioether (sulfide) groups is 1. The van der Waals surface area contributed by atoms with Crippen molar-refractivity contribution in [2.75, 3.05) is 11.5 Å². The van der Waals surface area contributed by atoms with Gasteiger partial charge in [-0.1, -0.05) is 13.3 Å². The Morgan fingerprint density at radius 2 is 2.29 bits per heavy atom. The van der Waals surface area contributed by atoms with Crippen LogP contribution in [0.3, 0.4) is 0 Å². The van der Waals surface area contributed by atoms with E-state index in [4.69, 9.17) is 16.6 Å². The molecule has 1 saturated heterocycles. The van der Waals surface area contributed by atoms with Crippen LogP contribution in [0.4, 0.5) is 0 Å². The second kappa shape index (κ2) is 6.21. The molecule has 3 rings (SSSR count). The van der Waals surface area contributed by atoms with Crippen molar-refractivity contribution in [2.24, 2.45) is 13.0 Å². The predicted molar refractivity (Wildman–Crippen MR) is 90.2 cm³/mol. The van der Waals surface area contributed by atoms with E-state index in [1.165, 1.54) is 17.9 Å². The van der Waals surface area contributed by atoms with Gasteiger partial charge in [-0.05, 0) is 37.2 Å². The molecule has 2 aromatic heterocycles. The van der Waals surface area contributed by atoms with Gasteiger partial charge in [0.05, 0.1) is 11.1 Å². The van der Waals surface area contributed by atoms with Crippen molar-refractivity contribution in [3.63, 3.8) is 0 Å². The van der Waals surface area contributed by atoms with Crippen LogP contribution in [0.25, 0.3) is 11.2 Å². The molecule has 2 aromatic rings. The highest BCUT2D eigenvalue weighted by Gasteiger charge is 2.24. The van der Waals surface area contributed by atoms with Crippen molar-refractivity contribution in [1.82, 2.24) is 19.3 Å². The van der Waals surface area contributed by atoms with E-state index in [1.807, 2.05) is 18.7 Å². The zero-order valence-corrected chi connectivity index (χ0v) is 14.5. The van der Waals surface area contributed by atoms with Crippen molar-refractivity contribution in [2.45, 2.75) is 45.0 Å². The van der Waals surface area contributed by atoms with Gasteiger partial charge in [0.1, 0.15) is 11.3 Å². The first-order valence-corrected chi connectivity index (χ1v) is 9.34. The molecule has 0 radical (unpaired) electrons. The molecule has 0 N–H and O–H groups in total.